The van der Waals surface area contributed by atoms with Crippen molar-refractivity contribution in [2.24, 2.45) is 0 Å². The lowest BCUT2D eigenvalue weighted by Gasteiger charge is -2.11. The first kappa shape index (κ1) is 16.9. The molecule has 0 unspecified atom stereocenters. The van der Waals surface area contributed by atoms with E-state index < -0.39 is 0 Å². The van der Waals surface area contributed by atoms with Crippen molar-refractivity contribution >= 4 is 29.1 Å². The summed E-state index contributed by atoms with van der Waals surface area (Å²) in [5.41, 5.74) is 1.16. The van der Waals surface area contributed by atoms with Gasteiger partial charge in [0.15, 0.2) is 5.82 Å². The van der Waals surface area contributed by atoms with Crippen LogP contribution in [-0.2, 0) is 6.54 Å². The molecule has 0 amide bonds. The molecule has 128 valence electrons. The Morgan fingerprint density at radius 3 is 2.84 bits per heavy atom. The number of nitrogens with zero attached hydrogens (tertiary/aromatic N) is 3. The van der Waals surface area contributed by atoms with Crippen LogP contribution in [-0.4, -0.2) is 22.3 Å². The average molecular weight is 360 g/mol. The van der Waals surface area contributed by atoms with Gasteiger partial charge in [-0.3, -0.25) is 0 Å². The van der Waals surface area contributed by atoms with Crippen LogP contribution in [0.4, 0.5) is 21.8 Å². The molecule has 0 aliphatic rings. The molecular weight excluding hydrogens is 345 g/mol. The summed E-state index contributed by atoms with van der Waals surface area (Å²) in [7, 11) is 1.56. The minimum atomic E-state index is -0.291. The molecule has 0 saturated carbocycles. The first-order valence-corrected chi connectivity index (χ1v) is 7.81. The van der Waals surface area contributed by atoms with Crippen LogP contribution in [0.2, 0.25) is 5.02 Å². The van der Waals surface area contributed by atoms with Crippen molar-refractivity contribution in [1.29, 1.82) is 0 Å². The van der Waals surface area contributed by atoms with E-state index in [4.69, 9.17) is 16.3 Å². The Morgan fingerprint density at radius 1 is 1.20 bits per heavy atom. The molecule has 1 heterocycles. The molecule has 0 aliphatic heterocycles. The summed E-state index contributed by atoms with van der Waals surface area (Å²) in [4.78, 5) is 4.30. The van der Waals surface area contributed by atoms with Crippen molar-refractivity contribution < 1.29 is 9.13 Å². The molecule has 2 N–H and O–H groups in total. The molecule has 8 heteroatoms. The Balaban J connectivity index is 1.74. The molecule has 0 aliphatic carbocycles. The number of hydrogen-bond donors (Lipinski definition) is 2. The second kappa shape index (κ2) is 7.76. The highest BCUT2D eigenvalue weighted by molar-refractivity contribution is 6.31. The third-order valence-electron chi connectivity index (χ3n) is 3.38. The van der Waals surface area contributed by atoms with Gasteiger partial charge in [-0.1, -0.05) is 29.8 Å². The van der Waals surface area contributed by atoms with Crippen molar-refractivity contribution in [3.63, 3.8) is 0 Å². The number of aromatic nitrogens is 3. The first-order valence-electron chi connectivity index (χ1n) is 7.43. The fourth-order valence-corrected chi connectivity index (χ4v) is 2.34. The van der Waals surface area contributed by atoms with E-state index >= 15 is 0 Å². The van der Waals surface area contributed by atoms with E-state index in [2.05, 4.69) is 25.8 Å². The number of methoxy groups -OCH3 is 1. The molecule has 0 atom stereocenters. The highest BCUT2D eigenvalue weighted by atomic mass is 35.5. The zero-order chi connectivity index (χ0) is 17.6. The van der Waals surface area contributed by atoms with Crippen LogP contribution >= 0.6 is 11.6 Å². The lowest BCUT2D eigenvalue weighted by Crippen LogP contribution is -2.07. The van der Waals surface area contributed by atoms with Crippen molar-refractivity contribution in [3.8, 4) is 5.75 Å². The summed E-state index contributed by atoms with van der Waals surface area (Å²) in [6.07, 6.45) is 1.47. The molecule has 0 saturated heterocycles. The molecule has 0 bridgehead atoms. The van der Waals surface area contributed by atoms with E-state index in [1.165, 1.54) is 12.3 Å². The Morgan fingerprint density at radius 2 is 2.04 bits per heavy atom. The van der Waals surface area contributed by atoms with Gasteiger partial charge in [-0.05, 0) is 24.3 Å². The van der Waals surface area contributed by atoms with Crippen LogP contribution in [0.3, 0.4) is 0 Å². The number of ether oxygens (including phenoxy) is 1. The van der Waals surface area contributed by atoms with Gasteiger partial charge in [-0.25, -0.2) is 4.39 Å². The summed E-state index contributed by atoms with van der Waals surface area (Å²) in [5.74, 6) is 1.05. The summed E-state index contributed by atoms with van der Waals surface area (Å²) >= 11 is 6.01. The number of anilines is 3. The molecule has 3 rings (SSSR count). The van der Waals surface area contributed by atoms with Crippen LogP contribution in [0.15, 0.2) is 48.7 Å². The van der Waals surface area contributed by atoms with E-state index in [0.29, 0.717) is 27.8 Å². The lowest BCUT2D eigenvalue weighted by atomic mass is 10.2. The highest BCUT2D eigenvalue weighted by Gasteiger charge is 2.07. The third-order valence-corrected chi connectivity index (χ3v) is 3.61. The van der Waals surface area contributed by atoms with Gasteiger partial charge in [0.2, 0.25) is 5.95 Å². The van der Waals surface area contributed by atoms with Gasteiger partial charge >= 0.3 is 0 Å². The highest BCUT2D eigenvalue weighted by Crippen LogP contribution is 2.29. The van der Waals surface area contributed by atoms with Gasteiger partial charge in [0, 0.05) is 17.1 Å². The van der Waals surface area contributed by atoms with Gasteiger partial charge < -0.3 is 15.4 Å². The average Bonchev–Trinajstić information content (AvgIpc) is 2.62. The molecule has 2 aromatic carbocycles. The molecular formula is C17H15ClFN5O. The maximum absolute atomic E-state index is 13.6. The molecule has 6 nitrogen and oxygen atoms in total. The smallest absolute Gasteiger partial charge is 0.244 e. The van der Waals surface area contributed by atoms with E-state index in [-0.39, 0.29) is 18.3 Å². The second-order valence-corrected chi connectivity index (χ2v) is 5.52. The topological polar surface area (TPSA) is 72.0 Å². The minimum Gasteiger partial charge on any atom is -0.495 e. The molecule has 1 aromatic heterocycles. The lowest BCUT2D eigenvalue weighted by molar-refractivity contribution is 0.417. The number of halogens is 2. The van der Waals surface area contributed by atoms with Crippen molar-refractivity contribution in [3.05, 3.63) is 65.1 Å². The van der Waals surface area contributed by atoms with Crippen molar-refractivity contribution in [2.45, 2.75) is 6.54 Å². The third kappa shape index (κ3) is 4.33. The fraction of sp³-hybridized carbons (Fsp3) is 0.118. The largest absolute Gasteiger partial charge is 0.495 e. The first-order chi connectivity index (χ1) is 12.2. The van der Waals surface area contributed by atoms with E-state index in [9.17, 15) is 4.39 Å². The number of rotatable bonds is 6. The number of nitrogens with one attached hydrogen (secondary N) is 2. The maximum Gasteiger partial charge on any atom is 0.244 e. The van der Waals surface area contributed by atoms with Crippen LogP contribution in [0.25, 0.3) is 0 Å². The maximum atomic E-state index is 13.6. The van der Waals surface area contributed by atoms with E-state index in [1.54, 1.807) is 43.5 Å². The number of hydrogen-bond acceptors (Lipinski definition) is 6. The normalized spacial score (nSPS) is 10.4. The standard InChI is InChI=1S/C17H15ClFN5O/c1-25-15-7-6-12(18)8-14(15)22-16-10-21-24-17(23-16)20-9-11-4-2-3-5-13(11)19/h2-8,10H,9H2,1H3,(H2,20,22,23,24). The SMILES string of the molecule is COc1ccc(Cl)cc1Nc1cnnc(NCc2ccccc2F)n1. The van der Waals surface area contributed by atoms with Gasteiger partial charge in [0.25, 0.3) is 0 Å². The predicted molar refractivity (Wildman–Crippen MR) is 94.8 cm³/mol. The monoisotopic (exact) mass is 359 g/mol. The molecule has 3 aromatic rings. The summed E-state index contributed by atoms with van der Waals surface area (Å²) in [6, 6.07) is 11.7. The summed E-state index contributed by atoms with van der Waals surface area (Å²) < 4.78 is 18.9. The van der Waals surface area contributed by atoms with E-state index in [1.807, 2.05) is 0 Å². The van der Waals surface area contributed by atoms with Gasteiger partial charge in [0.1, 0.15) is 11.6 Å². The van der Waals surface area contributed by atoms with Crippen LogP contribution < -0.4 is 15.4 Å². The van der Waals surface area contributed by atoms with Crippen molar-refractivity contribution in [2.75, 3.05) is 17.7 Å². The summed E-state index contributed by atoms with van der Waals surface area (Å²) in [6.45, 7) is 0.248. The molecule has 0 radical (unpaired) electrons. The van der Waals surface area contributed by atoms with Crippen LogP contribution in [0, 0.1) is 5.82 Å². The van der Waals surface area contributed by atoms with Crippen molar-refractivity contribution in [1.82, 2.24) is 15.2 Å². The Kier molecular flexibility index (Phi) is 5.25. The predicted octanol–water partition coefficient (Wildman–Crippen LogP) is 4.03. The Hall–Kier alpha value is -2.93. The molecule has 25 heavy (non-hydrogen) atoms. The van der Waals surface area contributed by atoms with E-state index in [0.717, 1.165) is 0 Å². The zero-order valence-electron chi connectivity index (χ0n) is 13.3. The van der Waals surface area contributed by atoms with Crippen LogP contribution in [0.1, 0.15) is 5.56 Å². The Labute approximate surface area is 149 Å². The zero-order valence-corrected chi connectivity index (χ0v) is 14.1. The second-order valence-electron chi connectivity index (χ2n) is 5.08. The van der Waals surface area contributed by atoms with Gasteiger partial charge in [0.05, 0.1) is 19.0 Å². The van der Waals surface area contributed by atoms with Gasteiger partial charge in [-0.15, -0.1) is 5.10 Å². The van der Waals surface area contributed by atoms with Crippen LogP contribution in [0.5, 0.6) is 5.75 Å². The summed E-state index contributed by atoms with van der Waals surface area (Å²) in [5, 5.41) is 14.4. The fourth-order valence-electron chi connectivity index (χ4n) is 2.17. The molecule has 0 spiro atoms. The Bertz CT molecular complexity index is 877. The quantitative estimate of drug-likeness (QED) is 0.692. The number of benzene rings is 2. The molecule has 0 fully saturated rings. The van der Waals surface area contributed by atoms with Gasteiger partial charge in [-0.2, -0.15) is 10.1 Å². The minimum absolute atomic E-state index is 0.248.